The van der Waals surface area contributed by atoms with Crippen molar-refractivity contribution < 1.29 is 9.53 Å². The summed E-state index contributed by atoms with van der Waals surface area (Å²) in [5.41, 5.74) is 2.69. The normalized spacial score (nSPS) is 16.2. The Balaban J connectivity index is 1.43. The van der Waals surface area contributed by atoms with Crippen molar-refractivity contribution >= 4 is 40.8 Å². The van der Waals surface area contributed by atoms with Crippen LogP contribution in [0.25, 0.3) is 0 Å². The summed E-state index contributed by atoms with van der Waals surface area (Å²) in [4.78, 5) is 34.0. The summed E-state index contributed by atoms with van der Waals surface area (Å²) in [5.74, 6) is 2.53. The fourth-order valence-corrected chi connectivity index (χ4v) is 4.47. The van der Waals surface area contributed by atoms with E-state index in [2.05, 4.69) is 25.5 Å². The standard InChI is InChI=1S/C19H22ClN5O3S/c20-12-1-2-16(25-4-7-29-8-5-25)15(9-12)23-19(27)21-10-17-22-14-3-6-28-11-13(14)18(26)24-17/h1-2,9H,3-8,10-11H2,(H2,21,23,27)(H,22,24,26). The monoisotopic (exact) mass is 435 g/mol. The van der Waals surface area contributed by atoms with E-state index in [0.717, 1.165) is 36.0 Å². The molecule has 0 spiro atoms. The second-order valence-corrected chi connectivity index (χ2v) is 8.47. The van der Waals surface area contributed by atoms with Crippen molar-refractivity contribution in [2.45, 2.75) is 19.6 Å². The topological polar surface area (TPSA) is 99.3 Å². The van der Waals surface area contributed by atoms with Gasteiger partial charge < -0.3 is 25.3 Å². The van der Waals surface area contributed by atoms with Crippen molar-refractivity contribution in [3.63, 3.8) is 0 Å². The predicted octanol–water partition coefficient (Wildman–Crippen LogP) is 2.37. The minimum Gasteiger partial charge on any atom is -0.376 e. The molecule has 0 aliphatic carbocycles. The first-order valence-electron chi connectivity index (χ1n) is 9.46. The number of H-pyrrole nitrogens is 1. The van der Waals surface area contributed by atoms with Crippen molar-refractivity contribution in [2.24, 2.45) is 0 Å². The minimum atomic E-state index is -0.386. The molecule has 1 aromatic heterocycles. The number of ether oxygens (including phenoxy) is 1. The maximum Gasteiger partial charge on any atom is 0.319 e. The van der Waals surface area contributed by atoms with Gasteiger partial charge in [-0.15, -0.1) is 0 Å². The number of fused-ring (bicyclic) bond motifs is 1. The molecule has 1 aromatic carbocycles. The van der Waals surface area contributed by atoms with Crippen molar-refractivity contribution in [3.05, 3.63) is 50.7 Å². The first kappa shape index (κ1) is 20.1. The lowest BCUT2D eigenvalue weighted by Crippen LogP contribution is -2.35. The van der Waals surface area contributed by atoms with Gasteiger partial charge in [-0.2, -0.15) is 11.8 Å². The molecule has 2 aliphatic rings. The molecule has 0 bridgehead atoms. The molecule has 1 fully saturated rings. The first-order chi connectivity index (χ1) is 14.1. The molecule has 2 aromatic rings. The molecule has 0 radical (unpaired) electrons. The van der Waals surface area contributed by atoms with Crippen LogP contribution >= 0.6 is 23.4 Å². The quantitative estimate of drug-likeness (QED) is 0.681. The van der Waals surface area contributed by atoms with E-state index in [9.17, 15) is 9.59 Å². The summed E-state index contributed by atoms with van der Waals surface area (Å²) in [6, 6.07) is 5.12. The average Bonchev–Trinajstić information content (AvgIpc) is 2.73. The van der Waals surface area contributed by atoms with Gasteiger partial charge in [-0.25, -0.2) is 9.78 Å². The molecule has 1 saturated heterocycles. The minimum absolute atomic E-state index is 0.117. The van der Waals surface area contributed by atoms with Crippen LogP contribution in [-0.4, -0.2) is 47.2 Å². The van der Waals surface area contributed by atoms with Crippen LogP contribution in [0.15, 0.2) is 23.0 Å². The lowest BCUT2D eigenvalue weighted by atomic mass is 10.1. The molecule has 154 valence electrons. The maximum atomic E-state index is 12.5. The number of carbonyl (C=O) groups excluding carboxylic acids is 1. The highest BCUT2D eigenvalue weighted by molar-refractivity contribution is 7.99. The van der Waals surface area contributed by atoms with Gasteiger partial charge in [-0.3, -0.25) is 4.79 Å². The van der Waals surface area contributed by atoms with Crippen LogP contribution in [0.5, 0.6) is 0 Å². The van der Waals surface area contributed by atoms with E-state index in [0.29, 0.717) is 35.1 Å². The third-order valence-electron chi connectivity index (χ3n) is 4.85. The number of nitrogens with zero attached hydrogens (tertiary/aromatic N) is 2. The second-order valence-electron chi connectivity index (χ2n) is 6.81. The molecule has 3 N–H and O–H groups in total. The van der Waals surface area contributed by atoms with Gasteiger partial charge in [0.2, 0.25) is 0 Å². The molecule has 0 unspecified atom stereocenters. The molecule has 4 rings (SSSR count). The smallest absolute Gasteiger partial charge is 0.319 e. The Kier molecular flexibility index (Phi) is 6.27. The van der Waals surface area contributed by atoms with Crippen LogP contribution in [0.1, 0.15) is 17.1 Å². The molecule has 8 nitrogen and oxygen atoms in total. The van der Waals surface area contributed by atoms with Gasteiger partial charge in [0.25, 0.3) is 5.56 Å². The van der Waals surface area contributed by atoms with Gasteiger partial charge in [0.1, 0.15) is 5.82 Å². The number of anilines is 2. The van der Waals surface area contributed by atoms with E-state index in [4.69, 9.17) is 16.3 Å². The highest BCUT2D eigenvalue weighted by Crippen LogP contribution is 2.30. The number of aromatic nitrogens is 2. The molecule has 29 heavy (non-hydrogen) atoms. The van der Waals surface area contributed by atoms with E-state index < -0.39 is 0 Å². The molecular weight excluding hydrogens is 414 g/mol. The summed E-state index contributed by atoms with van der Waals surface area (Å²) in [6.45, 7) is 2.78. The summed E-state index contributed by atoms with van der Waals surface area (Å²) in [7, 11) is 0. The SMILES string of the molecule is O=C(NCc1nc2c(c(=O)[nH]1)COCC2)Nc1cc(Cl)ccc1N1CCSCC1. The van der Waals surface area contributed by atoms with Crippen molar-refractivity contribution in [1.29, 1.82) is 0 Å². The molecule has 0 atom stereocenters. The van der Waals surface area contributed by atoms with Gasteiger partial charge in [0.05, 0.1) is 42.4 Å². The Morgan fingerprint density at radius 1 is 1.34 bits per heavy atom. The molecule has 3 heterocycles. The van der Waals surface area contributed by atoms with E-state index in [1.54, 1.807) is 6.07 Å². The van der Waals surface area contributed by atoms with Crippen molar-refractivity contribution in [3.8, 4) is 0 Å². The second kappa shape index (κ2) is 9.06. The number of carbonyl (C=O) groups is 1. The Bertz CT molecular complexity index is 961. The summed E-state index contributed by atoms with van der Waals surface area (Å²) in [5, 5.41) is 6.18. The summed E-state index contributed by atoms with van der Waals surface area (Å²) >= 11 is 8.06. The van der Waals surface area contributed by atoms with Gasteiger partial charge in [0.15, 0.2) is 0 Å². The number of thioether (sulfide) groups is 1. The molecule has 2 amide bonds. The molecule has 10 heteroatoms. The number of amides is 2. The third-order valence-corrected chi connectivity index (χ3v) is 6.03. The van der Waals surface area contributed by atoms with Crippen LogP contribution in [0.3, 0.4) is 0 Å². The van der Waals surface area contributed by atoms with Crippen LogP contribution in [0.4, 0.5) is 16.2 Å². The number of aromatic amines is 1. The fraction of sp³-hybridized carbons (Fsp3) is 0.421. The van der Waals surface area contributed by atoms with Gasteiger partial charge in [-0.1, -0.05) is 11.6 Å². The first-order valence-corrected chi connectivity index (χ1v) is 11.0. The summed E-state index contributed by atoms with van der Waals surface area (Å²) < 4.78 is 5.30. The van der Waals surface area contributed by atoms with Gasteiger partial charge in [-0.05, 0) is 18.2 Å². The molecule has 0 saturated carbocycles. The van der Waals surface area contributed by atoms with E-state index in [1.807, 2.05) is 23.9 Å². The zero-order valence-corrected chi connectivity index (χ0v) is 17.4. The molecular formula is C19H22ClN5O3S. The van der Waals surface area contributed by atoms with Crippen molar-refractivity contribution in [1.82, 2.24) is 15.3 Å². The number of halogens is 1. The Labute approximate surface area is 177 Å². The lowest BCUT2D eigenvalue weighted by Gasteiger charge is -2.30. The third kappa shape index (κ3) is 4.85. The summed E-state index contributed by atoms with van der Waals surface area (Å²) in [6.07, 6.45) is 0.596. The van der Waals surface area contributed by atoms with E-state index in [1.165, 1.54) is 0 Å². The number of rotatable bonds is 4. The fourth-order valence-electron chi connectivity index (χ4n) is 3.40. The van der Waals surface area contributed by atoms with Crippen LogP contribution in [0, 0.1) is 0 Å². The van der Waals surface area contributed by atoms with Gasteiger partial charge in [0, 0.05) is 36.0 Å². The Morgan fingerprint density at radius 3 is 3.00 bits per heavy atom. The predicted molar refractivity (Wildman–Crippen MR) is 115 cm³/mol. The number of hydrogen-bond donors (Lipinski definition) is 3. The van der Waals surface area contributed by atoms with Crippen LogP contribution < -0.4 is 21.1 Å². The number of benzene rings is 1. The highest BCUT2D eigenvalue weighted by atomic mass is 35.5. The average molecular weight is 436 g/mol. The van der Waals surface area contributed by atoms with Gasteiger partial charge >= 0.3 is 6.03 Å². The maximum absolute atomic E-state index is 12.5. The van der Waals surface area contributed by atoms with E-state index in [-0.39, 0.29) is 24.7 Å². The largest absolute Gasteiger partial charge is 0.376 e. The number of hydrogen-bond acceptors (Lipinski definition) is 6. The Hall–Kier alpha value is -2.23. The highest BCUT2D eigenvalue weighted by Gasteiger charge is 2.18. The Morgan fingerprint density at radius 2 is 2.17 bits per heavy atom. The molecule has 2 aliphatic heterocycles. The van der Waals surface area contributed by atoms with Crippen molar-refractivity contribution in [2.75, 3.05) is 41.4 Å². The number of urea groups is 1. The van der Waals surface area contributed by atoms with Crippen LogP contribution in [0.2, 0.25) is 5.02 Å². The number of nitrogens with one attached hydrogen (secondary N) is 3. The van der Waals surface area contributed by atoms with E-state index >= 15 is 0 Å². The zero-order valence-electron chi connectivity index (χ0n) is 15.8. The lowest BCUT2D eigenvalue weighted by molar-refractivity contribution is 0.108. The zero-order chi connectivity index (χ0) is 20.2. The van der Waals surface area contributed by atoms with Crippen LogP contribution in [-0.2, 0) is 24.3 Å².